The smallest absolute Gasteiger partial charge is 0.303 e. The van der Waals surface area contributed by atoms with E-state index in [4.69, 9.17) is 5.11 Å². The fraction of sp³-hybridized carbons (Fsp3) is 0.389. The topological polar surface area (TPSA) is 37.3 Å². The minimum Gasteiger partial charge on any atom is -0.481 e. The lowest BCUT2D eigenvalue weighted by Crippen LogP contribution is -1.93. The number of rotatable bonds is 9. The molecule has 3 heteroatoms. The van der Waals surface area contributed by atoms with Crippen molar-refractivity contribution >= 4 is 17.3 Å². The Morgan fingerprint density at radius 2 is 1.76 bits per heavy atom. The zero-order valence-electron chi connectivity index (χ0n) is 12.3. The summed E-state index contributed by atoms with van der Waals surface area (Å²) >= 11 is 1.84. The van der Waals surface area contributed by atoms with Gasteiger partial charge < -0.3 is 5.11 Å². The number of hydrogen-bond acceptors (Lipinski definition) is 2. The first kappa shape index (κ1) is 15.8. The van der Waals surface area contributed by atoms with Gasteiger partial charge in [-0.15, -0.1) is 11.3 Å². The third-order valence-electron chi connectivity index (χ3n) is 3.54. The van der Waals surface area contributed by atoms with E-state index >= 15 is 0 Å². The molecule has 0 spiro atoms. The van der Waals surface area contributed by atoms with Gasteiger partial charge in [-0.1, -0.05) is 43.2 Å². The van der Waals surface area contributed by atoms with E-state index in [1.165, 1.54) is 16.0 Å². The van der Waals surface area contributed by atoms with E-state index in [2.05, 4.69) is 35.7 Å². The minimum absolute atomic E-state index is 0.305. The van der Waals surface area contributed by atoms with Gasteiger partial charge in [0.25, 0.3) is 0 Å². The van der Waals surface area contributed by atoms with Gasteiger partial charge in [-0.2, -0.15) is 0 Å². The van der Waals surface area contributed by atoms with E-state index in [1.807, 2.05) is 17.4 Å². The van der Waals surface area contributed by atoms with Crippen LogP contribution in [-0.2, 0) is 17.6 Å². The number of thiophene rings is 1. The molecule has 2 rings (SSSR count). The van der Waals surface area contributed by atoms with Crippen LogP contribution < -0.4 is 0 Å². The predicted molar refractivity (Wildman–Crippen MR) is 88.0 cm³/mol. The molecule has 2 nitrogen and oxygen atoms in total. The van der Waals surface area contributed by atoms with Crippen molar-refractivity contribution in [3.63, 3.8) is 0 Å². The maximum absolute atomic E-state index is 10.4. The Morgan fingerprint density at radius 1 is 1.00 bits per heavy atom. The van der Waals surface area contributed by atoms with Gasteiger partial charge in [0.15, 0.2) is 0 Å². The molecule has 0 amide bonds. The van der Waals surface area contributed by atoms with E-state index in [0.29, 0.717) is 6.42 Å². The van der Waals surface area contributed by atoms with Gasteiger partial charge in [0.1, 0.15) is 0 Å². The van der Waals surface area contributed by atoms with E-state index in [-0.39, 0.29) is 0 Å². The molecule has 0 bridgehead atoms. The van der Waals surface area contributed by atoms with Gasteiger partial charge in [0, 0.05) is 17.7 Å². The van der Waals surface area contributed by atoms with Crippen LogP contribution >= 0.6 is 11.3 Å². The van der Waals surface area contributed by atoms with E-state index in [1.54, 1.807) is 0 Å². The number of benzene rings is 1. The summed E-state index contributed by atoms with van der Waals surface area (Å²) in [7, 11) is 0. The molecule has 2 aromatic rings. The highest BCUT2D eigenvalue weighted by molar-refractivity contribution is 7.10. The Kier molecular flexibility index (Phi) is 6.48. The summed E-state index contributed by atoms with van der Waals surface area (Å²) in [6.45, 7) is 0. The molecule has 0 aliphatic rings. The van der Waals surface area contributed by atoms with Gasteiger partial charge >= 0.3 is 5.97 Å². The Balaban J connectivity index is 1.67. The molecule has 21 heavy (non-hydrogen) atoms. The molecule has 1 aromatic carbocycles. The van der Waals surface area contributed by atoms with Crippen LogP contribution in [0.5, 0.6) is 0 Å². The molecule has 0 unspecified atom stereocenters. The zero-order valence-corrected chi connectivity index (χ0v) is 13.1. The van der Waals surface area contributed by atoms with E-state index in [9.17, 15) is 4.79 Å². The molecule has 0 saturated carbocycles. The first-order chi connectivity index (χ1) is 10.2. The third kappa shape index (κ3) is 6.13. The van der Waals surface area contributed by atoms with Crippen molar-refractivity contribution in [2.45, 2.75) is 44.9 Å². The van der Waals surface area contributed by atoms with Crippen LogP contribution in [0.4, 0.5) is 0 Å². The largest absolute Gasteiger partial charge is 0.481 e. The van der Waals surface area contributed by atoms with Crippen molar-refractivity contribution in [3.05, 3.63) is 57.8 Å². The van der Waals surface area contributed by atoms with Crippen molar-refractivity contribution in [1.29, 1.82) is 0 Å². The molecule has 0 atom stereocenters. The number of carboxylic acids is 1. The highest BCUT2D eigenvalue weighted by Crippen LogP contribution is 2.20. The lowest BCUT2D eigenvalue weighted by Gasteiger charge is -1.99. The molecule has 112 valence electrons. The standard InChI is InChI=1S/C18H22O2S/c19-18(20)11-7-2-1-4-10-16-13-17(21-14-16)12-15-8-5-3-6-9-15/h3,5-6,8-9,13-14H,1-2,4,7,10-12H2,(H,19,20). The maximum atomic E-state index is 10.4. The zero-order chi connectivity index (χ0) is 14.9. The van der Waals surface area contributed by atoms with Crippen LogP contribution in [0.15, 0.2) is 41.8 Å². The molecule has 1 N–H and O–H groups in total. The average Bonchev–Trinajstić information content (AvgIpc) is 2.91. The first-order valence-corrected chi connectivity index (χ1v) is 8.44. The fourth-order valence-corrected chi connectivity index (χ4v) is 3.36. The molecule has 0 aliphatic heterocycles. The van der Waals surface area contributed by atoms with Crippen molar-refractivity contribution in [2.75, 3.05) is 0 Å². The summed E-state index contributed by atoms with van der Waals surface area (Å²) in [5.74, 6) is -0.682. The van der Waals surface area contributed by atoms with Gasteiger partial charge in [-0.25, -0.2) is 0 Å². The van der Waals surface area contributed by atoms with Crippen LogP contribution in [0, 0.1) is 0 Å². The first-order valence-electron chi connectivity index (χ1n) is 7.56. The van der Waals surface area contributed by atoms with Gasteiger partial charge in [0.05, 0.1) is 0 Å². The number of carbonyl (C=O) groups is 1. The van der Waals surface area contributed by atoms with Crippen LogP contribution in [0.3, 0.4) is 0 Å². The predicted octanol–water partition coefficient (Wildman–Crippen LogP) is 4.92. The molecular weight excluding hydrogens is 280 g/mol. The van der Waals surface area contributed by atoms with Crippen LogP contribution in [-0.4, -0.2) is 11.1 Å². The maximum Gasteiger partial charge on any atom is 0.303 e. The lowest BCUT2D eigenvalue weighted by molar-refractivity contribution is -0.137. The van der Waals surface area contributed by atoms with Gasteiger partial charge in [-0.3, -0.25) is 4.79 Å². The molecule has 0 aliphatic carbocycles. The molecular formula is C18H22O2S. The lowest BCUT2D eigenvalue weighted by atomic mass is 10.1. The van der Waals surface area contributed by atoms with Crippen LogP contribution in [0.2, 0.25) is 0 Å². The normalized spacial score (nSPS) is 10.7. The highest BCUT2D eigenvalue weighted by Gasteiger charge is 2.02. The number of carboxylic acid groups (broad SMARTS) is 1. The second kappa shape index (κ2) is 8.63. The number of aliphatic carboxylic acids is 1. The van der Waals surface area contributed by atoms with E-state index in [0.717, 1.165) is 38.5 Å². The Labute approximate surface area is 130 Å². The summed E-state index contributed by atoms with van der Waals surface area (Å²) in [5.41, 5.74) is 2.78. The minimum atomic E-state index is -0.682. The SMILES string of the molecule is O=C(O)CCCCCCc1csc(Cc2ccccc2)c1. The Hall–Kier alpha value is -1.61. The number of hydrogen-bond donors (Lipinski definition) is 1. The summed E-state index contributed by atoms with van der Waals surface area (Å²) in [4.78, 5) is 11.8. The summed E-state index contributed by atoms with van der Waals surface area (Å²) < 4.78 is 0. The average molecular weight is 302 g/mol. The molecule has 0 fully saturated rings. The van der Waals surface area contributed by atoms with Crippen molar-refractivity contribution in [3.8, 4) is 0 Å². The molecule has 0 radical (unpaired) electrons. The second-order valence-corrected chi connectivity index (χ2v) is 6.39. The fourth-order valence-electron chi connectivity index (χ4n) is 2.41. The summed E-state index contributed by atoms with van der Waals surface area (Å²) in [6, 6.07) is 12.9. The second-order valence-electron chi connectivity index (χ2n) is 5.39. The van der Waals surface area contributed by atoms with Gasteiger partial charge in [0.2, 0.25) is 0 Å². The third-order valence-corrected chi connectivity index (χ3v) is 4.52. The van der Waals surface area contributed by atoms with Crippen LogP contribution in [0.25, 0.3) is 0 Å². The van der Waals surface area contributed by atoms with Crippen molar-refractivity contribution in [2.24, 2.45) is 0 Å². The van der Waals surface area contributed by atoms with Gasteiger partial charge in [-0.05, 0) is 41.8 Å². The van der Waals surface area contributed by atoms with Crippen LogP contribution in [0.1, 0.15) is 48.1 Å². The highest BCUT2D eigenvalue weighted by atomic mass is 32.1. The quantitative estimate of drug-likeness (QED) is 0.668. The Morgan fingerprint density at radius 3 is 2.52 bits per heavy atom. The summed E-state index contributed by atoms with van der Waals surface area (Å²) in [5, 5.41) is 10.8. The molecule has 1 heterocycles. The Bertz CT molecular complexity index is 545. The van der Waals surface area contributed by atoms with E-state index < -0.39 is 5.97 Å². The van der Waals surface area contributed by atoms with Crippen molar-refractivity contribution in [1.82, 2.24) is 0 Å². The number of unbranched alkanes of at least 4 members (excludes halogenated alkanes) is 3. The molecule has 1 aromatic heterocycles. The number of aryl methyl sites for hydroxylation is 1. The monoisotopic (exact) mass is 302 g/mol. The van der Waals surface area contributed by atoms with Crippen molar-refractivity contribution < 1.29 is 9.90 Å². The summed E-state index contributed by atoms with van der Waals surface area (Å²) in [6.07, 6.45) is 6.53. The molecule has 0 saturated heterocycles.